The second kappa shape index (κ2) is 6.05. The molecule has 4 nitrogen and oxygen atoms in total. The molecule has 0 N–H and O–H groups in total. The van der Waals surface area contributed by atoms with Gasteiger partial charge < -0.3 is 4.42 Å². The zero-order chi connectivity index (χ0) is 13.8. The summed E-state index contributed by atoms with van der Waals surface area (Å²) in [6.45, 7) is 0. The second-order valence-corrected chi connectivity index (χ2v) is 5.56. The van der Waals surface area contributed by atoms with E-state index in [0.29, 0.717) is 5.92 Å². The van der Waals surface area contributed by atoms with Crippen molar-refractivity contribution in [1.82, 2.24) is 4.68 Å². The van der Waals surface area contributed by atoms with Crippen LogP contribution in [0.2, 0.25) is 0 Å². The molecule has 0 amide bonds. The van der Waals surface area contributed by atoms with E-state index in [-0.39, 0.29) is 0 Å². The van der Waals surface area contributed by atoms with Crippen LogP contribution in [0.25, 0.3) is 11.5 Å². The lowest BCUT2D eigenvalue weighted by molar-refractivity contribution is 0.574. The summed E-state index contributed by atoms with van der Waals surface area (Å²) in [5.74, 6) is 1.33. The number of hydrogen-bond donors (Lipinski definition) is 0. The molecule has 5 heteroatoms. The van der Waals surface area contributed by atoms with Crippen LogP contribution in [0.15, 0.2) is 50.4 Å². The lowest BCUT2D eigenvalue weighted by Gasteiger charge is -2.12. The largest absolute Gasteiger partial charge is 0.463 e. The number of nitrogens with zero attached hydrogens (tertiary/aromatic N) is 3. The van der Waals surface area contributed by atoms with Gasteiger partial charge in [0, 0.05) is 18.6 Å². The molecule has 1 aliphatic carbocycles. The zero-order valence-corrected chi connectivity index (χ0v) is 12.2. The number of furan rings is 1. The molecule has 2 heterocycles. The average Bonchev–Trinajstić information content (AvgIpc) is 3.14. The summed E-state index contributed by atoms with van der Waals surface area (Å²) in [4.78, 5) is 5.15. The normalized spacial score (nSPS) is 20.1. The van der Waals surface area contributed by atoms with Crippen LogP contribution in [-0.2, 0) is 0 Å². The molecular weight excluding hydrogens is 270 g/mol. The molecule has 2 aromatic heterocycles. The highest BCUT2D eigenvalue weighted by atomic mass is 32.1. The third-order valence-corrected chi connectivity index (χ3v) is 4.26. The summed E-state index contributed by atoms with van der Waals surface area (Å²) in [6, 6.07) is 3.83. The molecule has 0 bridgehead atoms. The second-order valence-electron chi connectivity index (χ2n) is 4.73. The minimum absolute atomic E-state index is 0.515. The molecule has 3 rings (SSSR count). The minimum atomic E-state index is 0.515. The van der Waals surface area contributed by atoms with E-state index < -0.39 is 0 Å². The fourth-order valence-corrected chi connectivity index (χ4v) is 3.05. The van der Waals surface area contributed by atoms with Gasteiger partial charge in [-0.1, -0.05) is 12.2 Å². The molecule has 20 heavy (non-hydrogen) atoms. The van der Waals surface area contributed by atoms with Crippen LogP contribution < -0.4 is 4.80 Å². The highest BCUT2D eigenvalue weighted by molar-refractivity contribution is 7.07. The highest BCUT2D eigenvalue weighted by Gasteiger charge is 2.11. The van der Waals surface area contributed by atoms with Crippen LogP contribution in [0.3, 0.4) is 0 Å². The number of aromatic nitrogens is 1. The van der Waals surface area contributed by atoms with Gasteiger partial charge in [0.15, 0.2) is 5.76 Å². The van der Waals surface area contributed by atoms with Gasteiger partial charge in [-0.15, -0.1) is 11.3 Å². The van der Waals surface area contributed by atoms with Gasteiger partial charge in [-0.25, -0.2) is 4.68 Å². The Morgan fingerprint density at radius 3 is 3.10 bits per heavy atom. The first-order chi connectivity index (χ1) is 9.88. The van der Waals surface area contributed by atoms with Crippen molar-refractivity contribution >= 4 is 17.6 Å². The summed E-state index contributed by atoms with van der Waals surface area (Å²) in [7, 11) is 1.78. The van der Waals surface area contributed by atoms with E-state index in [9.17, 15) is 0 Å². The van der Waals surface area contributed by atoms with Crippen LogP contribution >= 0.6 is 11.3 Å². The molecule has 0 saturated heterocycles. The summed E-state index contributed by atoms with van der Waals surface area (Å²) in [5, 5.41) is 6.66. The molecule has 0 spiro atoms. The molecule has 1 atom stereocenters. The van der Waals surface area contributed by atoms with E-state index in [1.807, 2.05) is 28.4 Å². The Balaban J connectivity index is 1.93. The van der Waals surface area contributed by atoms with E-state index in [1.165, 1.54) is 6.42 Å². The third kappa shape index (κ3) is 2.67. The number of rotatable bonds is 3. The van der Waals surface area contributed by atoms with Crippen molar-refractivity contribution in [3.8, 4) is 11.5 Å². The first-order valence-corrected chi connectivity index (χ1v) is 7.63. The summed E-state index contributed by atoms with van der Waals surface area (Å²) in [6.07, 6.45) is 11.6. The first kappa shape index (κ1) is 13.1. The van der Waals surface area contributed by atoms with Crippen LogP contribution in [0, 0.1) is 5.92 Å². The Morgan fingerprint density at radius 2 is 2.40 bits per heavy atom. The Hall–Kier alpha value is -1.88. The molecular formula is C15H17N3OS. The fraction of sp³-hybridized carbons (Fsp3) is 0.333. The molecule has 0 saturated carbocycles. The Morgan fingerprint density at radius 1 is 1.45 bits per heavy atom. The Kier molecular flexibility index (Phi) is 3.97. The standard InChI is InChI=1S/C15H17N3OS/c1-16-15-18(17-10-12-6-3-2-4-7-12)13(11-20-15)14-8-5-9-19-14/h2-3,5,8-12H,4,6-7H2,1H3. The van der Waals surface area contributed by atoms with Gasteiger partial charge >= 0.3 is 0 Å². The van der Waals surface area contributed by atoms with Crippen LogP contribution in [-0.4, -0.2) is 17.9 Å². The van der Waals surface area contributed by atoms with Crippen LogP contribution in [0.5, 0.6) is 0 Å². The smallest absolute Gasteiger partial charge is 0.206 e. The summed E-state index contributed by atoms with van der Waals surface area (Å²) in [5.41, 5.74) is 0.947. The summed E-state index contributed by atoms with van der Waals surface area (Å²) < 4.78 is 7.33. The number of hydrogen-bond acceptors (Lipinski definition) is 4. The minimum Gasteiger partial charge on any atom is -0.463 e. The van der Waals surface area contributed by atoms with Gasteiger partial charge in [-0.3, -0.25) is 4.99 Å². The molecule has 0 fully saturated rings. The monoisotopic (exact) mass is 287 g/mol. The molecule has 1 unspecified atom stereocenters. The van der Waals surface area contributed by atoms with E-state index in [1.54, 1.807) is 24.6 Å². The molecule has 0 aromatic carbocycles. The van der Waals surface area contributed by atoms with E-state index >= 15 is 0 Å². The van der Waals surface area contributed by atoms with E-state index in [2.05, 4.69) is 22.2 Å². The topological polar surface area (TPSA) is 42.8 Å². The number of thiazole rings is 1. The van der Waals surface area contributed by atoms with Gasteiger partial charge in [-0.2, -0.15) is 5.10 Å². The van der Waals surface area contributed by atoms with Crippen LogP contribution in [0.1, 0.15) is 19.3 Å². The van der Waals surface area contributed by atoms with E-state index in [0.717, 1.165) is 29.1 Å². The van der Waals surface area contributed by atoms with E-state index in [4.69, 9.17) is 4.42 Å². The van der Waals surface area contributed by atoms with Crippen LogP contribution in [0.4, 0.5) is 0 Å². The van der Waals surface area contributed by atoms with Gasteiger partial charge in [0.1, 0.15) is 5.69 Å². The molecule has 0 radical (unpaired) electrons. The fourth-order valence-electron chi connectivity index (χ4n) is 2.27. The van der Waals surface area contributed by atoms with Crippen molar-refractivity contribution < 1.29 is 4.42 Å². The first-order valence-electron chi connectivity index (χ1n) is 6.75. The Labute approximate surface area is 121 Å². The zero-order valence-electron chi connectivity index (χ0n) is 11.4. The van der Waals surface area contributed by atoms with Crippen molar-refractivity contribution in [2.75, 3.05) is 7.05 Å². The van der Waals surface area contributed by atoms with Gasteiger partial charge in [0.05, 0.1) is 6.26 Å². The Bertz CT molecular complexity index is 676. The van der Waals surface area contributed by atoms with Crippen molar-refractivity contribution in [1.29, 1.82) is 0 Å². The maximum Gasteiger partial charge on any atom is 0.206 e. The van der Waals surface area contributed by atoms with Gasteiger partial charge in [-0.05, 0) is 37.3 Å². The quantitative estimate of drug-likeness (QED) is 0.629. The predicted molar refractivity (Wildman–Crippen MR) is 81.9 cm³/mol. The van der Waals surface area contributed by atoms with Crippen molar-refractivity contribution in [2.24, 2.45) is 16.0 Å². The molecule has 1 aliphatic rings. The molecule has 104 valence electrons. The molecule has 2 aromatic rings. The van der Waals surface area contributed by atoms with Crippen molar-refractivity contribution in [3.05, 3.63) is 40.7 Å². The third-order valence-electron chi connectivity index (χ3n) is 3.35. The highest BCUT2D eigenvalue weighted by Crippen LogP contribution is 2.21. The predicted octanol–water partition coefficient (Wildman–Crippen LogP) is 3.53. The van der Waals surface area contributed by atoms with Gasteiger partial charge in [0.2, 0.25) is 4.80 Å². The maximum atomic E-state index is 5.47. The molecule has 0 aliphatic heterocycles. The summed E-state index contributed by atoms with van der Waals surface area (Å²) >= 11 is 1.57. The van der Waals surface area contributed by atoms with Crippen molar-refractivity contribution in [3.63, 3.8) is 0 Å². The van der Waals surface area contributed by atoms with Gasteiger partial charge in [0.25, 0.3) is 0 Å². The average molecular weight is 287 g/mol. The maximum absolute atomic E-state index is 5.47. The lowest BCUT2D eigenvalue weighted by atomic mass is 9.96. The SMILES string of the molecule is CN=c1scc(-c2ccco2)n1N=CC1CC=CCC1. The van der Waals surface area contributed by atoms with Crippen molar-refractivity contribution in [2.45, 2.75) is 19.3 Å². The lowest BCUT2D eigenvalue weighted by Crippen LogP contribution is -2.13. The number of allylic oxidation sites excluding steroid dienone is 2.